The van der Waals surface area contributed by atoms with Crippen LogP contribution in [0.25, 0.3) is 22.4 Å². The Hall–Kier alpha value is -2.75. The van der Waals surface area contributed by atoms with E-state index in [0.717, 1.165) is 5.56 Å². The van der Waals surface area contributed by atoms with Crippen molar-refractivity contribution in [2.75, 3.05) is 6.61 Å². The Bertz CT molecular complexity index is 1230. The number of rotatable bonds is 3. The number of nitrogens with zero attached hydrogens (tertiary/aromatic N) is 3. The second kappa shape index (κ2) is 9.13. The lowest BCUT2D eigenvalue weighted by Crippen LogP contribution is -2.63. The number of benzene rings is 1. The van der Waals surface area contributed by atoms with Gasteiger partial charge in [-0.1, -0.05) is 11.6 Å². The molecule has 3 aromatic rings. The summed E-state index contributed by atoms with van der Waals surface area (Å²) < 4.78 is 20.7. The van der Waals surface area contributed by atoms with Crippen LogP contribution in [0.2, 0.25) is 5.02 Å². The lowest BCUT2D eigenvalue weighted by molar-refractivity contribution is -0.134. The molecule has 180 valence electrons. The zero-order valence-electron chi connectivity index (χ0n) is 18.7. The number of pyridine rings is 1. The number of aromatic nitrogens is 3. The van der Waals surface area contributed by atoms with E-state index in [9.17, 15) is 4.79 Å². The summed E-state index contributed by atoms with van der Waals surface area (Å²) >= 11 is 6.73. The van der Waals surface area contributed by atoms with Crippen molar-refractivity contribution >= 4 is 46.9 Å². The molecule has 2 aliphatic heterocycles. The van der Waals surface area contributed by atoms with Crippen molar-refractivity contribution in [3.8, 4) is 11.4 Å². The predicted molar refractivity (Wildman–Crippen MR) is 130 cm³/mol. The van der Waals surface area contributed by atoms with Crippen molar-refractivity contribution in [2.45, 2.75) is 50.8 Å². The average Bonchev–Trinajstić information content (AvgIpc) is 3.23. The van der Waals surface area contributed by atoms with E-state index in [2.05, 4.69) is 20.3 Å². The summed E-state index contributed by atoms with van der Waals surface area (Å²) in [6.07, 6.45) is 4.65. The van der Waals surface area contributed by atoms with E-state index in [0.29, 0.717) is 36.4 Å². The zero-order chi connectivity index (χ0) is 23.3. The number of fused-ring (bicyclic) bond motifs is 1. The quantitative estimate of drug-likeness (QED) is 0.488. The van der Waals surface area contributed by atoms with Gasteiger partial charge < -0.3 is 15.0 Å². The van der Waals surface area contributed by atoms with Crippen LogP contribution in [0.3, 0.4) is 0 Å². The van der Waals surface area contributed by atoms with Crippen LogP contribution in [-0.2, 0) is 15.1 Å². The SMILES string of the molecule is C[C@@H]1C[C@H](N2C(=N)N[C@](C)(c3cc(F)c4nc(-c5ccncc5)[nH]c4c3Cl)CC2=O)CCO1.Cl. The average molecular weight is 507 g/mol. The molecule has 2 saturated heterocycles. The molecule has 1 aromatic carbocycles. The summed E-state index contributed by atoms with van der Waals surface area (Å²) in [6.45, 7) is 4.27. The molecule has 0 saturated carbocycles. The van der Waals surface area contributed by atoms with Gasteiger partial charge in [0.15, 0.2) is 11.8 Å². The topological polar surface area (TPSA) is 107 Å². The Kier molecular flexibility index (Phi) is 6.54. The van der Waals surface area contributed by atoms with E-state index in [1.807, 2.05) is 6.92 Å². The van der Waals surface area contributed by atoms with Gasteiger partial charge in [-0.2, -0.15) is 0 Å². The largest absolute Gasteiger partial charge is 0.378 e. The van der Waals surface area contributed by atoms with Crippen molar-refractivity contribution in [1.29, 1.82) is 5.41 Å². The number of carbonyl (C=O) groups is 1. The number of H-pyrrole nitrogens is 1. The maximum atomic E-state index is 15.1. The van der Waals surface area contributed by atoms with Crippen molar-refractivity contribution in [3.05, 3.63) is 47.0 Å². The standard InChI is InChI=1S/C23H24ClFN6O2.ClH/c1-12-9-14(5-8-33-12)31-17(32)11-23(2,30-22(31)26)15-10-16(25)19-20(18(15)24)29-21(28-19)13-3-6-27-7-4-13;/h3-4,6-7,10,12,14H,5,8-9,11H2,1-2H3,(H2,26,30)(H,28,29);1H/t12-,14-,23+;/m1./s1. The fourth-order valence-electron chi connectivity index (χ4n) is 4.78. The molecule has 2 aliphatic rings. The van der Waals surface area contributed by atoms with E-state index < -0.39 is 11.4 Å². The van der Waals surface area contributed by atoms with Crippen molar-refractivity contribution in [2.24, 2.45) is 0 Å². The summed E-state index contributed by atoms with van der Waals surface area (Å²) in [5, 5.41) is 12.0. The lowest BCUT2D eigenvalue weighted by Gasteiger charge is -2.45. The first-order chi connectivity index (χ1) is 15.8. The highest BCUT2D eigenvalue weighted by atomic mass is 35.5. The number of aromatic amines is 1. The third-order valence-electron chi connectivity index (χ3n) is 6.44. The number of carbonyl (C=O) groups excluding carboxylic acids is 1. The minimum atomic E-state index is -1.05. The Balaban J connectivity index is 0.00000274. The van der Waals surface area contributed by atoms with Crippen LogP contribution in [0.5, 0.6) is 0 Å². The molecule has 0 bridgehead atoms. The third kappa shape index (κ3) is 4.12. The van der Waals surface area contributed by atoms with Gasteiger partial charge in [-0.3, -0.25) is 20.1 Å². The Labute approximate surface area is 207 Å². The maximum Gasteiger partial charge on any atom is 0.232 e. The summed E-state index contributed by atoms with van der Waals surface area (Å²) in [5.74, 6) is -0.287. The molecule has 2 aromatic heterocycles. The van der Waals surface area contributed by atoms with Crippen LogP contribution in [-0.4, -0.2) is 50.5 Å². The number of hydrogen-bond donors (Lipinski definition) is 3. The minimum Gasteiger partial charge on any atom is -0.378 e. The third-order valence-corrected chi connectivity index (χ3v) is 6.83. The van der Waals surface area contributed by atoms with Crippen molar-refractivity contribution in [3.63, 3.8) is 0 Å². The number of ether oxygens (including phenoxy) is 1. The van der Waals surface area contributed by atoms with Crippen LogP contribution in [0.1, 0.15) is 38.7 Å². The summed E-state index contributed by atoms with van der Waals surface area (Å²) in [4.78, 5) is 26.2. The second-order valence-corrected chi connectivity index (χ2v) is 9.25. The first kappa shape index (κ1) is 24.4. The zero-order valence-corrected chi connectivity index (χ0v) is 20.3. The van der Waals surface area contributed by atoms with Gasteiger partial charge in [0.25, 0.3) is 0 Å². The highest BCUT2D eigenvalue weighted by molar-refractivity contribution is 6.36. The van der Waals surface area contributed by atoms with Gasteiger partial charge >= 0.3 is 0 Å². The Morgan fingerprint density at radius 3 is 2.76 bits per heavy atom. The Morgan fingerprint density at radius 2 is 2.09 bits per heavy atom. The van der Waals surface area contributed by atoms with Crippen molar-refractivity contribution in [1.82, 2.24) is 25.2 Å². The summed E-state index contributed by atoms with van der Waals surface area (Å²) in [5.41, 5.74) is 0.571. The summed E-state index contributed by atoms with van der Waals surface area (Å²) in [6, 6.07) is 4.73. The molecule has 8 nitrogen and oxygen atoms in total. The van der Waals surface area contributed by atoms with Crippen molar-refractivity contribution < 1.29 is 13.9 Å². The van der Waals surface area contributed by atoms with E-state index in [4.69, 9.17) is 21.7 Å². The minimum absolute atomic E-state index is 0. The molecule has 11 heteroatoms. The van der Waals surface area contributed by atoms with Gasteiger partial charge in [0.05, 0.1) is 28.6 Å². The van der Waals surface area contributed by atoms with Crippen LogP contribution < -0.4 is 5.32 Å². The molecule has 3 atom stereocenters. The smallest absolute Gasteiger partial charge is 0.232 e. The molecule has 0 unspecified atom stereocenters. The summed E-state index contributed by atoms with van der Waals surface area (Å²) in [7, 11) is 0. The van der Waals surface area contributed by atoms with Gasteiger partial charge in [-0.05, 0) is 44.9 Å². The molecular weight excluding hydrogens is 482 g/mol. The molecule has 4 heterocycles. The van der Waals surface area contributed by atoms with E-state index in [1.54, 1.807) is 31.5 Å². The monoisotopic (exact) mass is 506 g/mol. The first-order valence-corrected chi connectivity index (χ1v) is 11.2. The molecular formula is C23H25Cl2FN6O2. The van der Waals surface area contributed by atoms with Crippen LogP contribution >= 0.6 is 24.0 Å². The molecule has 34 heavy (non-hydrogen) atoms. The predicted octanol–water partition coefficient (Wildman–Crippen LogP) is 4.38. The number of imidazole rings is 1. The number of hydrogen-bond acceptors (Lipinski definition) is 5. The van der Waals surface area contributed by atoms with Gasteiger partial charge in [0.1, 0.15) is 11.3 Å². The highest BCUT2D eigenvalue weighted by Crippen LogP contribution is 2.39. The number of guanidine groups is 1. The van der Waals surface area contributed by atoms with Gasteiger partial charge in [0.2, 0.25) is 5.91 Å². The van der Waals surface area contributed by atoms with E-state index >= 15 is 4.39 Å². The molecule has 2 fully saturated rings. The second-order valence-electron chi connectivity index (χ2n) is 8.87. The van der Waals surface area contributed by atoms with Crippen LogP contribution in [0.15, 0.2) is 30.6 Å². The molecule has 0 aliphatic carbocycles. The first-order valence-electron chi connectivity index (χ1n) is 10.9. The lowest BCUT2D eigenvalue weighted by atomic mass is 9.85. The number of amides is 1. The number of nitrogens with one attached hydrogen (secondary N) is 3. The number of halogens is 3. The van der Waals surface area contributed by atoms with Crippen LogP contribution in [0, 0.1) is 11.2 Å². The maximum absolute atomic E-state index is 15.1. The van der Waals surface area contributed by atoms with E-state index in [-0.39, 0.29) is 53.4 Å². The van der Waals surface area contributed by atoms with Gasteiger partial charge in [-0.15, -0.1) is 12.4 Å². The molecule has 0 spiro atoms. The highest BCUT2D eigenvalue weighted by Gasteiger charge is 2.44. The fraction of sp³-hybridized carbons (Fsp3) is 0.391. The molecule has 0 radical (unpaired) electrons. The van der Waals surface area contributed by atoms with E-state index in [1.165, 1.54) is 11.0 Å². The normalized spacial score (nSPS) is 25.2. The molecule has 3 N–H and O–H groups in total. The molecule has 1 amide bonds. The fourth-order valence-corrected chi connectivity index (χ4v) is 5.18. The molecule has 5 rings (SSSR count). The van der Waals surface area contributed by atoms with Gasteiger partial charge in [0, 0.05) is 36.2 Å². The van der Waals surface area contributed by atoms with Crippen LogP contribution in [0.4, 0.5) is 4.39 Å². The Morgan fingerprint density at radius 1 is 1.35 bits per heavy atom. The van der Waals surface area contributed by atoms with Gasteiger partial charge in [-0.25, -0.2) is 9.37 Å².